The van der Waals surface area contributed by atoms with Crippen molar-refractivity contribution in [2.24, 2.45) is 17.8 Å². The molecule has 0 atom stereocenters. The molecule has 0 saturated heterocycles. The number of allylic oxidation sites excluding steroid dienone is 1. The Bertz CT molecular complexity index is 425. The summed E-state index contributed by atoms with van der Waals surface area (Å²) < 4.78 is 0. The van der Waals surface area contributed by atoms with Crippen LogP contribution >= 0.6 is 0 Å². The van der Waals surface area contributed by atoms with Gasteiger partial charge in [0.2, 0.25) is 5.91 Å². The van der Waals surface area contributed by atoms with Crippen molar-refractivity contribution >= 4 is 5.91 Å². The Hall–Kier alpha value is -0.790. The lowest BCUT2D eigenvalue weighted by Gasteiger charge is -2.40. The predicted molar refractivity (Wildman–Crippen MR) is 108 cm³/mol. The van der Waals surface area contributed by atoms with Crippen LogP contribution in [0.15, 0.2) is 11.6 Å². The summed E-state index contributed by atoms with van der Waals surface area (Å²) in [5.74, 6) is 3.14. The number of likely N-dealkylation sites (N-methyl/N-ethyl adjacent to an activating group) is 1. The minimum atomic E-state index is 0.221. The summed E-state index contributed by atoms with van der Waals surface area (Å²) >= 11 is 0. The van der Waals surface area contributed by atoms with Crippen LogP contribution in [0.25, 0.3) is 0 Å². The van der Waals surface area contributed by atoms with Crippen LogP contribution < -0.4 is 0 Å². The number of carbonyl (C=O) groups is 1. The molecule has 25 heavy (non-hydrogen) atoms. The molecule has 2 heteroatoms. The quantitative estimate of drug-likeness (QED) is 0.388. The van der Waals surface area contributed by atoms with Crippen LogP contribution in [0.5, 0.6) is 0 Å². The van der Waals surface area contributed by atoms with Crippen molar-refractivity contribution in [2.45, 2.75) is 104 Å². The molecule has 144 valence electrons. The average molecular weight is 348 g/mol. The molecule has 0 radical (unpaired) electrons. The SMILES string of the molecule is C/C=C(\C)C(=O)N(C)C1CCC(C2CCC(CCCCC)CC2)CC1. The lowest BCUT2D eigenvalue weighted by atomic mass is 9.69. The van der Waals surface area contributed by atoms with Crippen LogP contribution in [0, 0.1) is 17.8 Å². The van der Waals surface area contributed by atoms with E-state index >= 15 is 0 Å². The van der Waals surface area contributed by atoms with Gasteiger partial charge in [0.05, 0.1) is 0 Å². The van der Waals surface area contributed by atoms with Crippen LogP contribution in [0.3, 0.4) is 0 Å². The maximum absolute atomic E-state index is 12.4. The maximum Gasteiger partial charge on any atom is 0.249 e. The van der Waals surface area contributed by atoms with Crippen molar-refractivity contribution in [3.63, 3.8) is 0 Å². The highest BCUT2D eigenvalue weighted by Crippen LogP contribution is 2.41. The molecular weight excluding hydrogens is 306 g/mol. The van der Waals surface area contributed by atoms with Gasteiger partial charge < -0.3 is 4.90 Å². The van der Waals surface area contributed by atoms with Crippen LogP contribution in [0.2, 0.25) is 0 Å². The van der Waals surface area contributed by atoms with Gasteiger partial charge >= 0.3 is 0 Å². The summed E-state index contributed by atoms with van der Waals surface area (Å²) in [6, 6.07) is 0.462. The van der Waals surface area contributed by atoms with E-state index in [9.17, 15) is 4.79 Å². The second-order valence-corrected chi connectivity index (χ2v) is 8.73. The second kappa shape index (κ2) is 10.4. The predicted octanol–water partition coefficient (Wildman–Crippen LogP) is 6.36. The van der Waals surface area contributed by atoms with E-state index in [0.29, 0.717) is 6.04 Å². The number of unbranched alkanes of at least 4 members (excludes halogenated alkanes) is 2. The van der Waals surface area contributed by atoms with E-state index in [1.807, 2.05) is 31.9 Å². The van der Waals surface area contributed by atoms with Crippen molar-refractivity contribution in [3.8, 4) is 0 Å². The van der Waals surface area contributed by atoms with Crippen molar-refractivity contribution in [2.75, 3.05) is 7.05 Å². The van der Waals surface area contributed by atoms with E-state index < -0.39 is 0 Å². The Morgan fingerprint density at radius 1 is 0.960 bits per heavy atom. The fourth-order valence-electron chi connectivity index (χ4n) is 5.16. The highest BCUT2D eigenvalue weighted by molar-refractivity contribution is 5.92. The Kier molecular flexibility index (Phi) is 8.52. The molecule has 0 spiro atoms. The van der Waals surface area contributed by atoms with Gasteiger partial charge in [-0.1, -0.05) is 51.5 Å². The zero-order valence-electron chi connectivity index (χ0n) is 17.2. The van der Waals surface area contributed by atoms with Gasteiger partial charge in [0.15, 0.2) is 0 Å². The first kappa shape index (κ1) is 20.5. The number of rotatable bonds is 7. The molecule has 0 aromatic rings. The molecule has 1 amide bonds. The molecule has 0 bridgehead atoms. The first-order valence-corrected chi connectivity index (χ1v) is 11.0. The molecule has 0 N–H and O–H groups in total. The summed E-state index contributed by atoms with van der Waals surface area (Å²) in [5.41, 5.74) is 0.881. The molecular formula is C23H41NO. The third-order valence-electron chi connectivity index (χ3n) is 7.15. The Morgan fingerprint density at radius 2 is 1.52 bits per heavy atom. The fraction of sp³-hybridized carbons (Fsp3) is 0.870. The van der Waals surface area contributed by atoms with Gasteiger partial charge in [0, 0.05) is 18.7 Å². The van der Waals surface area contributed by atoms with E-state index in [0.717, 1.165) is 23.3 Å². The van der Waals surface area contributed by atoms with E-state index in [1.54, 1.807) is 0 Å². The largest absolute Gasteiger partial charge is 0.339 e. The smallest absolute Gasteiger partial charge is 0.249 e. The van der Waals surface area contributed by atoms with Crippen molar-refractivity contribution in [1.82, 2.24) is 4.90 Å². The van der Waals surface area contributed by atoms with Crippen LogP contribution in [-0.2, 0) is 4.79 Å². The molecule has 2 rings (SSSR count). The van der Waals surface area contributed by atoms with Gasteiger partial charge in [0.1, 0.15) is 0 Å². The highest BCUT2D eigenvalue weighted by Gasteiger charge is 2.32. The Balaban J connectivity index is 1.71. The number of carbonyl (C=O) groups excluding carboxylic acids is 1. The van der Waals surface area contributed by atoms with Crippen molar-refractivity contribution < 1.29 is 4.79 Å². The molecule has 2 aliphatic carbocycles. The Morgan fingerprint density at radius 3 is 2.04 bits per heavy atom. The van der Waals surface area contributed by atoms with E-state index in [1.165, 1.54) is 77.0 Å². The zero-order valence-corrected chi connectivity index (χ0v) is 17.2. The summed E-state index contributed by atoms with van der Waals surface area (Å²) in [7, 11) is 2.00. The Labute approximate surface area is 156 Å². The maximum atomic E-state index is 12.4. The molecule has 2 fully saturated rings. The fourth-order valence-corrected chi connectivity index (χ4v) is 5.16. The average Bonchev–Trinajstić information content (AvgIpc) is 2.67. The summed E-state index contributed by atoms with van der Waals surface area (Å²) in [6.45, 7) is 6.19. The zero-order chi connectivity index (χ0) is 18.2. The normalized spacial score (nSPS) is 31.0. The molecule has 0 aromatic heterocycles. The summed E-state index contributed by atoms with van der Waals surface area (Å²) in [4.78, 5) is 14.4. The third kappa shape index (κ3) is 5.86. The molecule has 0 heterocycles. The standard InChI is InChI=1S/C23H41NO/c1-5-7-8-9-19-10-12-20(13-11-19)21-14-16-22(17-15-21)24(4)23(25)18(3)6-2/h6,19-22H,5,7-17H2,1-4H3/b18-6+. The minimum Gasteiger partial charge on any atom is -0.339 e. The first-order valence-electron chi connectivity index (χ1n) is 11.0. The van der Waals surface area contributed by atoms with Crippen molar-refractivity contribution in [3.05, 3.63) is 11.6 Å². The summed E-state index contributed by atoms with van der Waals surface area (Å²) in [6.07, 6.45) is 18.6. The number of amides is 1. The molecule has 0 aliphatic heterocycles. The number of hydrogen-bond acceptors (Lipinski definition) is 1. The van der Waals surface area contributed by atoms with Crippen LogP contribution in [-0.4, -0.2) is 23.9 Å². The van der Waals surface area contributed by atoms with Gasteiger partial charge in [-0.05, 0) is 70.1 Å². The molecule has 2 nitrogen and oxygen atoms in total. The van der Waals surface area contributed by atoms with Crippen LogP contribution in [0.4, 0.5) is 0 Å². The highest BCUT2D eigenvalue weighted by atomic mass is 16.2. The van der Waals surface area contributed by atoms with Crippen LogP contribution in [0.1, 0.15) is 97.8 Å². The number of nitrogens with zero attached hydrogens (tertiary/aromatic N) is 1. The van der Waals surface area contributed by atoms with Gasteiger partial charge in [-0.2, -0.15) is 0 Å². The monoisotopic (exact) mass is 347 g/mol. The summed E-state index contributed by atoms with van der Waals surface area (Å²) in [5, 5.41) is 0. The van der Waals surface area contributed by atoms with Gasteiger partial charge in [-0.15, -0.1) is 0 Å². The van der Waals surface area contributed by atoms with Gasteiger partial charge in [-0.3, -0.25) is 4.79 Å². The van der Waals surface area contributed by atoms with Gasteiger partial charge in [-0.25, -0.2) is 0 Å². The molecule has 0 unspecified atom stereocenters. The van der Waals surface area contributed by atoms with E-state index in [4.69, 9.17) is 0 Å². The number of hydrogen-bond donors (Lipinski definition) is 0. The molecule has 2 saturated carbocycles. The van der Waals surface area contributed by atoms with Gasteiger partial charge in [0.25, 0.3) is 0 Å². The first-order chi connectivity index (χ1) is 12.1. The second-order valence-electron chi connectivity index (χ2n) is 8.73. The lowest BCUT2D eigenvalue weighted by molar-refractivity contribution is -0.128. The van der Waals surface area contributed by atoms with Crippen molar-refractivity contribution in [1.29, 1.82) is 0 Å². The minimum absolute atomic E-state index is 0.221. The molecule has 2 aliphatic rings. The lowest BCUT2D eigenvalue weighted by Crippen LogP contribution is -2.40. The topological polar surface area (TPSA) is 20.3 Å². The van der Waals surface area contributed by atoms with E-state index in [2.05, 4.69) is 6.92 Å². The van der Waals surface area contributed by atoms with E-state index in [-0.39, 0.29) is 5.91 Å². The molecule has 0 aromatic carbocycles. The third-order valence-corrected chi connectivity index (χ3v) is 7.15.